The van der Waals surface area contributed by atoms with Gasteiger partial charge in [-0.3, -0.25) is 4.79 Å². The quantitative estimate of drug-likeness (QED) is 0.867. The Morgan fingerprint density at radius 1 is 1.33 bits per heavy atom. The summed E-state index contributed by atoms with van der Waals surface area (Å²) >= 11 is 11.8. The van der Waals surface area contributed by atoms with Crippen LogP contribution in [0.2, 0.25) is 10.2 Å². The number of aryl methyl sites for hydroxylation is 1. The number of hydrogen-bond acceptors (Lipinski definition) is 3. The van der Waals surface area contributed by atoms with Crippen molar-refractivity contribution in [2.45, 2.75) is 13.3 Å². The van der Waals surface area contributed by atoms with Crippen molar-refractivity contribution in [1.29, 1.82) is 5.26 Å². The number of nitrogens with zero attached hydrogens (tertiary/aromatic N) is 2. The maximum absolute atomic E-state index is 12.2. The zero-order valence-electron chi connectivity index (χ0n) is 11.2. The molecule has 21 heavy (non-hydrogen) atoms. The Morgan fingerprint density at radius 3 is 2.71 bits per heavy atom. The molecule has 0 saturated heterocycles. The van der Waals surface area contributed by atoms with E-state index in [0.717, 1.165) is 5.69 Å². The molecule has 0 saturated carbocycles. The molecule has 0 aliphatic rings. The van der Waals surface area contributed by atoms with E-state index in [0.29, 0.717) is 23.2 Å². The van der Waals surface area contributed by atoms with Crippen molar-refractivity contribution in [2.75, 3.05) is 5.32 Å². The Balaban J connectivity index is 2.24. The Bertz CT molecular complexity index is 738. The predicted molar refractivity (Wildman–Crippen MR) is 82.7 cm³/mol. The summed E-state index contributed by atoms with van der Waals surface area (Å²) < 4.78 is 0. The van der Waals surface area contributed by atoms with Crippen LogP contribution in [0.1, 0.15) is 28.5 Å². The summed E-state index contributed by atoms with van der Waals surface area (Å²) in [6.45, 7) is 1.93. The Hall–Kier alpha value is -2.09. The van der Waals surface area contributed by atoms with E-state index >= 15 is 0 Å². The first-order valence-electron chi connectivity index (χ1n) is 6.21. The largest absolute Gasteiger partial charge is 0.322 e. The lowest BCUT2D eigenvalue weighted by molar-refractivity contribution is 0.102. The second-order valence-corrected chi connectivity index (χ2v) is 5.08. The maximum atomic E-state index is 12.2. The highest BCUT2D eigenvalue weighted by Crippen LogP contribution is 2.21. The van der Waals surface area contributed by atoms with Crippen molar-refractivity contribution in [3.05, 3.63) is 57.3 Å². The van der Waals surface area contributed by atoms with Crippen molar-refractivity contribution >= 4 is 34.8 Å². The van der Waals surface area contributed by atoms with Crippen LogP contribution in [0.25, 0.3) is 0 Å². The number of nitrogens with one attached hydrogen (secondary N) is 1. The van der Waals surface area contributed by atoms with Gasteiger partial charge in [-0.2, -0.15) is 5.26 Å². The smallest absolute Gasteiger partial charge is 0.255 e. The van der Waals surface area contributed by atoms with E-state index in [1.54, 1.807) is 18.2 Å². The summed E-state index contributed by atoms with van der Waals surface area (Å²) in [7, 11) is 0. The van der Waals surface area contributed by atoms with Crippen molar-refractivity contribution < 1.29 is 4.79 Å². The van der Waals surface area contributed by atoms with Crippen molar-refractivity contribution in [2.24, 2.45) is 0 Å². The van der Waals surface area contributed by atoms with Crippen LogP contribution < -0.4 is 5.32 Å². The van der Waals surface area contributed by atoms with E-state index in [9.17, 15) is 4.79 Å². The van der Waals surface area contributed by atoms with Gasteiger partial charge >= 0.3 is 0 Å². The molecule has 1 heterocycles. The number of benzene rings is 1. The van der Waals surface area contributed by atoms with Crippen molar-refractivity contribution in [3.63, 3.8) is 0 Å². The SMILES string of the molecule is CCc1cc(C(=O)Nc2ccc(C#N)c(Cl)c2)cc(Cl)n1. The van der Waals surface area contributed by atoms with Gasteiger partial charge in [-0.15, -0.1) is 0 Å². The number of carbonyl (C=O) groups excluding carboxylic acids is 1. The molecule has 2 aromatic rings. The number of amides is 1. The monoisotopic (exact) mass is 319 g/mol. The highest BCUT2D eigenvalue weighted by atomic mass is 35.5. The molecule has 0 unspecified atom stereocenters. The first-order chi connectivity index (χ1) is 10.0. The zero-order valence-corrected chi connectivity index (χ0v) is 12.7. The lowest BCUT2D eigenvalue weighted by Crippen LogP contribution is -2.12. The standard InChI is InChI=1S/C15H11Cl2N3O/c1-2-11-5-10(6-14(17)19-11)15(21)20-12-4-3-9(8-18)13(16)7-12/h3-7H,2H2,1H3,(H,20,21). The topological polar surface area (TPSA) is 65.8 Å². The van der Waals surface area contributed by atoms with Crippen LogP contribution in [0.5, 0.6) is 0 Å². The average Bonchev–Trinajstić information content (AvgIpc) is 2.46. The molecule has 0 spiro atoms. The van der Waals surface area contributed by atoms with E-state index in [2.05, 4.69) is 10.3 Å². The Labute approximate surface area is 132 Å². The molecule has 1 aromatic carbocycles. The summed E-state index contributed by atoms with van der Waals surface area (Å²) in [6, 6.07) is 9.84. The van der Waals surface area contributed by atoms with Gasteiger partial charge in [0.2, 0.25) is 0 Å². The summed E-state index contributed by atoms with van der Waals surface area (Å²) in [5, 5.41) is 12.1. The number of pyridine rings is 1. The zero-order chi connectivity index (χ0) is 15.4. The number of anilines is 1. The summed E-state index contributed by atoms with van der Waals surface area (Å²) in [5.74, 6) is -0.310. The van der Waals surface area contributed by atoms with Gasteiger partial charge in [0.05, 0.1) is 10.6 Å². The van der Waals surface area contributed by atoms with Gasteiger partial charge in [-0.25, -0.2) is 4.98 Å². The summed E-state index contributed by atoms with van der Waals surface area (Å²) in [5.41, 5.74) is 2.03. The number of nitriles is 1. The van der Waals surface area contributed by atoms with E-state index in [1.807, 2.05) is 13.0 Å². The van der Waals surface area contributed by atoms with E-state index < -0.39 is 0 Å². The molecule has 0 radical (unpaired) electrons. The second-order valence-electron chi connectivity index (χ2n) is 4.28. The second kappa shape index (κ2) is 6.57. The number of halogens is 2. The highest BCUT2D eigenvalue weighted by Gasteiger charge is 2.10. The van der Waals surface area contributed by atoms with Gasteiger partial charge in [-0.1, -0.05) is 30.1 Å². The number of aromatic nitrogens is 1. The average molecular weight is 320 g/mol. The molecule has 6 heteroatoms. The van der Waals surface area contributed by atoms with Crippen LogP contribution in [0.15, 0.2) is 30.3 Å². The fourth-order valence-electron chi connectivity index (χ4n) is 1.75. The predicted octanol–water partition coefficient (Wildman–Crippen LogP) is 4.07. The fourth-order valence-corrected chi connectivity index (χ4v) is 2.20. The number of hydrogen-bond donors (Lipinski definition) is 1. The Morgan fingerprint density at radius 2 is 2.10 bits per heavy atom. The van der Waals surface area contributed by atoms with Crippen LogP contribution in [0.4, 0.5) is 5.69 Å². The first-order valence-corrected chi connectivity index (χ1v) is 6.96. The van der Waals surface area contributed by atoms with E-state index in [4.69, 9.17) is 28.5 Å². The molecule has 4 nitrogen and oxygen atoms in total. The van der Waals surface area contributed by atoms with E-state index in [-0.39, 0.29) is 16.1 Å². The van der Waals surface area contributed by atoms with Crippen LogP contribution in [-0.2, 0) is 6.42 Å². The van der Waals surface area contributed by atoms with Crippen molar-refractivity contribution in [1.82, 2.24) is 4.98 Å². The number of carbonyl (C=O) groups is 1. The third kappa shape index (κ3) is 3.72. The molecule has 0 fully saturated rings. The van der Waals surface area contributed by atoms with Crippen LogP contribution in [0.3, 0.4) is 0 Å². The molecular formula is C15H11Cl2N3O. The summed E-state index contributed by atoms with van der Waals surface area (Å²) in [4.78, 5) is 16.3. The molecule has 1 N–H and O–H groups in total. The molecule has 106 valence electrons. The molecule has 0 bridgehead atoms. The van der Waals surface area contributed by atoms with Crippen LogP contribution in [0, 0.1) is 11.3 Å². The lowest BCUT2D eigenvalue weighted by atomic mass is 10.1. The van der Waals surface area contributed by atoms with Gasteiger partial charge in [0.25, 0.3) is 5.91 Å². The van der Waals surface area contributed by atoms with Crippen LogP contribution >= 0.6 is 23.2 Å². The fraction of sp³-hybridized carbons (Fsp3) is 0.133. The summed E-state index contributed by atoms with van der Waals surface area (Å²) in [6.07, 6.45) is 0.684. The maximum Gasteiger partial charge on any atom is 0.255 e. The molecule has 2 rings (SSSR count). The van der Waals surface area contributed by atoms with Crippen LogP contribution in [-0.4, -0.2) is 10.9 Å². The molecule has 0 aliphatic carbocycles. The van der Waals surface area contributed by atoms with Gasteiger partial charge in [0, 0.05) is 16.9 Å². The van der Waals surface area contributed by atoms with Gasteiger partial charge in [0.15, 0.2) is 0 Å². The van der Waals surface area contributed by atoms with Gasteiger partial charge in [0.1, 0.15) is 11.2 Å². The minimum atomic E-state index is -0.310. The minimum Gasteiger partial charge on any atom is -0.322 e. The van der Waals surface area contributed by atoms with Gasteiger partial charge in [-0.05, 0) is 36.8 Å². The molecule has 1 amide bonds. The minimum absolute atomic E-state index is 0.275. The lowest BCUT2D eigenvalue weighted by Gasteiger charge is -2.07. The van der Waals surface area contributed by atoms with Gasteiger partial charge < -0.3 is 5.32 Å². The normalized spacial score (nSPS) is 10.0. The third-order valence-electron chi connectivity index (χ3n) is 2.82. The third-order valence-corrected chi connectivity index (χ3v) is 3.33. The van der Waals surface area contributed by atoms with Crippen molar-refractivity contribution in [3.8, 4) is 6.07 Å². The Kier molecular flexibility index (Phi) is 4.79. The number of rotatable bonds is 3. The molecule has 0 aliphatic heterocycles. The molecular weight excluding hydrogens is 309 g/mol. The first kappa shape index (κ1) is 15.3. The highest BCUT2D eigenvalue weighted by molar-refractivity contribution is 6.32. The molecule has 1 aromatic heterocycles. The molecule has 0 atom stereocenters. The van der Waals surface area contributed by atoms with E-state index in [1.165, 1.54) is 12.1 Å².